The highest BCUT2D eigenvalue weighted by molar-refractivity contribution is 7.91. The van der Waals surface area contributed by atoms with Gasteiger partial charge in [0.05, 0.1) is 16.2 Å². The number of hydrogen-bond acceptors (Lipinski definition) is 4. The number of carbonyl (C=O) groups excluding carboxylic acids is 1. The number of carbonyl (C=O) groups is 1. The molecule has 3 rings (SSSR count). The van der Waals surface area contributed by atoms with Crippen LogP contribution in [0.4, 0.5) is 10.1 Å². The van der Waals surface area contributed by atoms with Gasteiger partial charge in [0, 0.05) is 31.9 Å². The van der Waals surface area contributed by atoms with Crippen molar-refractivity contribution in [2.75, 3.05) is 36.8 Å². The molecule has 1 fully saturated rings. The van der Waals surface area contributed by atoms with Crippen LogP contribution >= 0.6 is 0 Å². The molecular weight excluding hydrogens is 367 g/mol. The summed E-state index contributed by atoms with van der Waals surface area (Å²) in [7, 11) is -3.48. The van der Waals surface area contributed by atoms with E-state index in [9.17, 15) is 17.6 Å². The number of anilines is 1. The van der Waals surface area contributed by atoms with E-state index < -0.39 is 9.84 Å². The summed E-state index contributed by atoms with van der Waals surface area (Å²) in [4.78, 5) is 16.8. The van der Waals surface area contributed by atoms with Crippen LogP contribution in [0.5, 0.6) is 0 Å². The molecule has 0 aromatic heterocycles. The summed E-state index contributed by atoms with van der Waals surface area (Å²) in [5, 5.41) is 0. The lowest BCUT2D eigenvalue weighted by atomic mass is 10.1. The van der Waals surface area contributed by atoms with Crippen LogP contribution < -0.4 is 4.90 Å². The molecule has 144 valence electrons. The first-order valence-electron chi connectivity index (χ1n) is 9.04. The Kier molecular flexibility index (Phi) is 5.79. The molecule has 1 heterocycles. The fourth-order valence-electron chi connectivity index (χ4n) is 3.28. The van der Waals surface area contributed by atoms with Gasteiger partial charge in [0.2, 0.25) is 0 Å². The Balaban J connectivity index is 1.74. The van der Waals surface area contributed by atoms with Gasteiger partial charge in [0.25, 0.3) is 5.91 Å². The first-order chi connectivity index (χ1) is 12.9. The van der Waals surface area contributed by atoms with Gasteiger partial charge in [0.15, 0.2) is 9.84 Å². The summed E-state index contributed by atoms with van der Waals surface area (Å²) in [6.45, 7) is 4.00. The van der Waals surface area contributed by atoms with E-state index in [0.717, 1.165) is 5.69 Å². The molecule has 0 saturated carbocycles. The lowest BCUT2D eigenvalue weighted by molar-refractivity contribution is 0.0743. The fraction of sp³-hybridized carbons (Fsp3) is 0.350. The highest BCUT2D eigenvalue weighted by Gasteiger charge is 2.27. The van der Waals surface area contributed by atoms with Crippen LogP contribution in [0.15, 0.2) is 53.4 Å². The SMILES string of the molecule is CCCS(=O)(=O)c1ccccc1C(=O)N1CCN(c2ccc(F)cc2)CC1. The maximum Gasteiger partial charge on any atom is 0.255 e. The second-order valence-corrected chi connectivity index (χ2v) is 8.65. The summed E-state index contributed by atoms with van der Waals surface area (Å²) in [6.07, 6.45) is 0.501. The van der Waals surface area contributed by atoms with Crippen LogP contribution in [0.25, 0.3) is 0 Å². The van der Waals surface area contributed by atoms with Crippen LogP contribution in [0, 0.1) is 5.82 Å². The molecule has 0 N–H and O–H groups in total. The smallest absolute Gasteiger partial charge is 0.255 e. The van der Waals surface area contributed by atoms with Gasteiger partial charge < -0.3 is 9.80 Å². The van der Waals surface area contributed by atoms with Gasteiger partial charge in [-0.3, -0.25) is 4.79 Å². The molecule has 0 unspecified atom stereocenters. The van der Waals surface area contributed by atoms with Gasteiger partial charge in [-0.1, -0.05) is 19.1 Å². The largest absolute Gasteiger partial charge is 0.368 e. The molecule has 0 aliphatic carbocycles. The van der Waals surface area contributed by atoms with Crippen molar-refractivity contribution in [3.63, 3.8) is 0 Å². The Hall–Kier alpha value is -2.41. The Morgan fingerprint density at radius 2 is 1.63 bits per heavy atom. The van der Waals surface area contributed by atoms with Crippen molar-refractivity contribution in [3.05, 3.63) is 59.9 Å². The molecule has 0 bridgehead atoms. The molecule has 2 aromatic rings. The molecular formula is C20H23FN2O3S. The molecule has 0 atom stereocenters. The van der Waals surface area contributed by atoms with Gasteiger partial charge in [0.1, 0.15) is 5.82 Å². The van der Waals surface area contributed by atoms with E-state index in [2.05, 4.69) is 4.90 Å². The minimum atomic E-state index is -3.48. The van der Waals surface area contributed by atoms with E-state index >= 15 is 0 Å². The predicted octanol–water partition coefficient (Wildman–Crippen LogP) is 2.97. The van der Waals surface area contributed by atoms with E-state index in [4.69, 9.17) is 0 Å². The van der Waals surface area contributed by atoms with Crippen molar-refractivity contribution in [1.29, 1.82) is 0 Å². The topological polar surface area (TPSA) is 57.7 Å². The molecule has 1 aliphatic rings. The summed E-state index contributed by atoms with van der Waals surface area (Å²) < 4.78 is 38.1. The van der Waals surface area contributed by atoms with Gasteiger partial charge in [-0.05, 0) is 42.8 Å². The van der Waals surface area contributed by atoms with Gasteiger partial charge in [-0.2, -0.15) is 0 Å². The number of benzene rings is 2. The molecule has 27 heavy (non-hydrogen) atoms. The Bertz CT molecular complexity index is 905. The van der Waals surface area contributed by atoms with Crippen LogP contribution in [0.1, 0.15) is 23.7 Å². The number of amides is 1. The van der Waals surface area contributed by atoms with Crippen molar-refractivity contribution < 1.29 is 17.6 Å². The normalized spacial score (nSPS) is 15.0. The Morgan fingerprint density at radius 1 is 1.00 bits per heavy atom. The van der Waals surface area contributed by atoms with Gasteiger partial charge >= 0.3 is 0 Å². The van der Waals surface area contributed by atoms with Crippen LogP contribution in [-0.2, 0) is 9.84 Å². The maximum atomic E-state index is 13.1. The second kappa shape index (κ2) is 8.08. The highest BCUT2D eigenvalue weighted by Crippen LogP contribution is 2.22. The van der Waals surface area contributed by atoms with Crippen molar-refractivity contribution in [3.8, 4) is 0 Å². The van der Waals surface area contributed by atoms with E-state index in [1.165, 1.54) is 18.2 Å². The van der Waals surface area contributed by atoms with Crippen LogP contribution in [0.3, 0.4) is 0 Å². The monoisotopic (exact) mass is 390 g/mol. The first-order valence-corrected chi connectivity index (χ1v) is 10.7. The Labute approximate surface area is 159 Å². The number of piperazine rings is 1. The standard InChI is InChI=1S/C20H23FN2O3S/c1-2-15-27(25,26)19-6-4-3-5-18(19)20(24)23-13-11-22(12-14-23)17-9-7-16(21)8-10-17/h3-10H,2,11-15H2,1H3. The zero-order valence-corrected chi connectivity index (χ0v) is 16.1. The number of sulfone groups is 1. The lowest BCUT2D eigenvalue weighted by Crippen LogP contribution is -2.49. The quantitative estimate of drug-likeness (QED) is 0.788. The molecule has 5 nitrogen and oxygen atoms in total. The van der Waals surface area contributed by atoms with E-state index in [-0.39, 0.29) is 27.9 Å². The zero-order valence-electron chi connectivity index (χ0n) is 15.3. The molecule has 1 saturated heterocycles. The van der Waals surface area contributed by atoms with E-state index in [1.54, 1.807) is 42.2 Å². The van der Waals surface area contributed by atoms with Crippen molar-refractivity contribution in [2.45, 2.75) is 18.2 Å². The molecule has 7 heteroatoms. The van der Waals surface area contributed by atoms with Gasteiger partial charge in [-0.25, -0.2) is 12.8 Å². The van der Waals surface area contributed by atoms with Crippen LogP contribution in [-0.4, -0.2) is 51.2 Å². The Morgan fingerprint density at radius 3 is 2.26 bits per heavy atom. The molecule has 0 spiro atoms. The minimum absolute atomic E-state index is 0.0235. The third-order valence-electron chi connectivity index (χ3n) is 4.68. The van der Waals surface area contributed by atoms with Crippen molar-refractivity contribution in [2.24, 2.45) is 0 Å². The molecule has 0 radical (unpaired) electrons. The first kappa shape index (κ1) is 19.4. The molecule has 2 aromatic carbocycles. The lowest BCUT2D eigenvalue weighted by Gasteiger charge is -2.36. The maximum absolute atomic E-state index is 13.1. The van der Waals surface area contributed by atoms with Gasteiger partial charge in [-0.15, -0.1) is 0 Å². The highest BCUT2D eigenvalue weighted by atomic mass is 32.2. The minimum Gasteiger partial charge on any atom is -0.368 e. The third kappa shape index (κ3) is 4.30. The predicted molar refractivity (Wildman–Crippen MR) is 103 cm³/mol. The van der Waals surface area contributed by atoms with E-state index in [1.807, 2.05) is 0 Å². The second-order valence-electron chi connectivity index (χ2n) is 6.57. The summed E-state index contributed by atoms with van der Waals surface area (Å²) in [6, 6.07) is 12.7. The number of nitrogens with zero attached hydrogens (tertiary/aromatic N) is 2. The average Bonchev–Trinajstić information content (AvgIpc) is 2.68. The third-order valence-corrected chi connectivity index (χ3v) is 6.66. The zero-order chi connectivity index (χ0) is 19.4. The molecule has 1 amide bonds. The number of rotatable bonds is 5. The van der Waals surface area contributed by atoms with Crippen molar-refractivity contribution in [1.82, 2.24) is 4.90 Å². The summed E-state index contributed by atoms with van der Waals surface area (Å²) in [5.41, 5.74) is 1.15. The number of hydrogen-bond donors (Lipinski definition) is 0. The van der Waals surface area contributed by atoms with Crippen molar-refractivity contribution >= 4 is 21.4 Å². The fourth-order valence-corrected chi connectivity index (χ4v) is 4.82. The summed E-state index contributed by atoms with van der Waals surface area (Å²) >= 11 is 0. The number of halogens is 1. The van der Waals surface area contributed by atoms with Crippen LogP contribution in [0.2, 0.25) is 0 Å². The summed E-state index contributed by atoms with van der Waals surface area (Å²) in [5.74, 6) is -0.517. The van der Waals surface area contributed by atoms with E-state index in [0.29, 0.717) is 32.6 Å². The average molecular weight is 390 g/mol. The molecule has 1 aliphatic heterocycles.